The van der Waals surface area contributed by atoms with E-state index in [0.717, 1.165) is 18.7 Å². The fraction of sp³-hybridized carbons (Fsp3) is 0. The van der Waals surface area contributed by atoms with Crippen LogP contribution in [0.25, 0.3) is 0 Å². The highest BCUT2D eigenvalue weighted by Crippen LogP contribution is 2.18. The third-order valence-corrected chi connectivity index (χ3v) is 4.48. The minimum Gasteiger partial charge on any atom is -0.142 e. The number of halogens is 2. The van der Waals surface area contributed by atoms with Crippen LogP contribution in [-0.4, -0.2) is 0 Å². The summed E-state index contributed by atoms with van der Waals surface area (Å²) in [6, 6.07) is 15.6. The molecule has 0 aliphatic heterocycles. The summed E-state index contributed by atoms with van der Waals surface area (Å²) in [5.74, 6) is 0. The van der Waals surface area contributed by atoms with Gasteiger partial charge in [-0.15, -0.1) is 25.3 Å². The van der Waals surface area contributed by atoms with E-state index in [0.29, 0.717) is 0 Å². The van der Waals surface area contributed by atoms with Crippen LogP contribution in [0.3, 0.4) is 0 Å². The molecule has 4 heteroatoms. The molecule has 0 atom stereocenters. The fourth-order valence-electron chi connectivity index (χ4n) is 0.903. The molecule has 0 saturated heterocycles. The van der Waals surface area contributed by atoms with Crippen molar-refractivity contribution in [2.45, 2.75) is 9.79 Å². The molecule has 84 valence electrons. The van der Waals surface area contributed by atoms with E-state index in [1.165, 1.54) is 0 Å². The van der Waals surface area contributed by atoms with Gasteiger partial charge in [0.05, 0.1) is 0 Å². The van der Waals surface area contributed by atoms with Crippen LogP contribution < -0.4 is 0 Å². The SMILES string of the molecule is Sc1ccccc1Br.Sc1ccccc1Br. The van der Waals surface area contributed by atoms with Crippen molar-refractivity contribution in [2.75, 3.05) is 0 Å². The van der Waals surface area contributed by atoms with Crippen molar-refractivity contribution in [2.24, 2.45) is 0 Å². The van der Waals surface area contributed by atoms with Crippen molar-refractivity contribution < 1.29 is 0 Å². The number of hydrogen-bond acceptors (Lipinski definition) is 2. The molecule has 0 saturated carbocycles. The minimum atomic E-state index is 0.979. The maximum absolute atomic E-state index is 4.15. The van der Waals surface area contributed by atoms with Crippen molar-refractivity contribution in [3.63, 3.8) is 0 Å². The van der Waals surface area contributed by atoms with Gasteiger partial charge < -0.3 is 0 Å². The van der Waals surface area contributed by atoms with Gasteiger partial charge in [-0.25, -0.2) is 0 Å². The van der Waals surface area contributed by atoms with Gasteiger partial charge in [0.25, 0.3) is 0 Å². The Morgan fingerprint density at radius 1 is 0.625 bits per heavy atom. The first-order valence-electron chi connectivity index (χ1n) is 4.48. The van der Waals surface area contributed by atoms with Crippen LogP contribution in [0, 0.1) is 0 Å². The van der Waals surface area contributed by atoms with Gasteiger partial charge in [-0.1, -0.05) is 24.3 Å². The number of hydrogen-bond donors (Lipinski definition) is 2. The Hall–Kier alpha value is 0.1000. The molecule has 2 aromatic rings. The third kappa shape index (κ3) is 4.95. The van der Waals surface area contributed by atoms with Crippen LogP contribution in [0.4, 0.5) is 0 Å². The first-order valence-corrected chi connectivity index (χ1v) is 6.96. The van der Waals surface area contributed by atoms with Gasteiger partial charge >= 0.3 is 0 Å². The normalized spacial score (nSPS) is 9.25. The van der Waals surface area contributed by atoms with Gasteiger partial charge in [-0.2, -0.15) is 0 Å². The molecule has 16 heavy (non-hydrogen) atoms. The Morgan fingerprint density at radius 3 is 1.12 bits per heavy atom. The summed E-state index contributed by atoms with van der Waals surface area (Å²) in [7, 11) is 0. The second-order valence-corrected chi connectivity index (χ2v) is 5.58. The van der Waals surface area contributed by atoms with Crippen LogP contribution in [0.15, 0.2) is 67.3 Å². The predicted octanol–water partition coefficient (Wildman–Crippen LogP) is 5.48. The summed E-state index contributed by atoms with van der Waals surface area (Å²) in [6.45, 7) is 0. The van der Waals surface area contributed by atoms with Crippen molar-refractivity contribution >= 4 is 57.1 Å². The lowest BCUT2D eigenvalue weighted by molar-refractivity contribution is 1.42. The number of benzene rings is 2. The molecule has 0 radical (unpaired) electrons. The summed E-state index contributed by atoms with van der Waals surface area (Å²) in [5, 5.41) is 0. The van der Waals surface area contributed by atoms with Gasteiger partial charge in [-0.05, 0) is 56.1 Å². The van der Waals surface area contributed by atoms with Crippen molar-refractivity contribution in [1.29, 1.82) is 0 Å². The fourth-order valence-corrected chi connectivity index (χ4v) is 1.79. The van der Waals surface area contributed by atoms with Gasteiger partial charge in [0, 0.05) is 18.7 Å². The lowest BCUT2D eigenvalue weighted by Crippen LogP contribution is -1.64. The molecule has 0 spiro atoms. The van der Waals surface area contributed by atoms with Gasteiger partial charge in [0.1, 0.15) is 0 Å². The quantitative estimate of drug-likeness (QED) is 0.558. The molecule has 0 aliphatic rings. The molecular formula is C12H10Br2S2. The van der Waals surface area contributed by atoms with E-state index in [4.69, 9.17) is 0 Å². The van der Waals surface area contributed by atoms with Gasteiger partial charge in [0.2, 0.25) is 0 Å². The largest absolute Gasteiger partial charge is 0.142 e. The van der Waals surface area contributed by atoms with Crippen LogP contribution >= 0.6 is 57.1 Å². The Balaban J connectivity index is 0.000000160. The van der Waals surface area contributed by atoms with Crippen LogP contribution in [0.1, 0.15) is 0 Å². The summed E-state index contributed by atoms with van der Waals surface area (Å²) in [4.78, 5) is 1.96. The Labute approximate surface area is 124 Å². The molecule has 0 aliphatic carbocycles. The van der Waals surface area contributed by atoms with Crippen molar-refractivity contribution in [3.05, 3.63) is 57.5 Å². The van der Waals surface area contributed by atoms with Crippen LogP contribution in [0.2, 0.25) is 0 Å². The Bertz CT molecular complexity index is 373. The van der Waals surface area contributed by atoms with E-state index in [1.807, 2.05) is 48.5 Å². The van der Waals surface area contributed by atoms with E-state index >= 15 is 0 Å². The van der Waals surface area contributed by atoms with E-state index in [-0.39, 0.29) is 0 Å². The smallest absolute Gasteiger partial charge is 0.0308 e. The molecular weight excluding hydrogens is 368 g/mol. The van der Waals surface area contributed by atoms with Crippen LogP contribution in [-0.2, 0) is 0 Å². The van der Waals surface area contributed by atoms with E-state index < -0.39 is 0 Å². The summed E-state index contributed by atoms with van der Waals surface area (Å²) >= 11 is 14.9. The predicted molar refractivity (Wildman–Crippen MR) is 82.8 cm³/mol. The monoisotopic (exact) mass is 376 g/mol. The lowest BCUT2D eigenvalue weighted by atomic mass is 10.4. The number of rotatable bonds is 0. The van der Waals surface area contributed by atoms with Crippen LogP contribution in [0.5, 0.6) is 0 Å². The highest BCUT2D eigenvalue weighted by Gasteiger charge is 1.87. The highest BCUT2D eigenvalue weighted by molar-refractivity contribution is 9.10. The topological polar surface area (TPSA) is 0 Å². The molecule has 2 rings (SSSR count). The first kappa shape index (κ1) is 14.2. The van der Waals surface area contributed by atoms with Gasteiger partial charge in [-0.3, -0.25) is 0 Å². The Morgan fingerprint density at radius 2 is 0.938 bits per heavy atom. The molecule has 0 unspecified atom stereocenters. The molecule has 0 bridgehead atoms. The van der Waals surface area contributed by atoms with E-state index in [2.05, 4.69) is 57.1 Å². The maximum Gasteiger partial charge on any atom is 0.0308 e. The number of thiol groups is 2. The summed E-state index contributed by atoms with van der Waals surface area (Å²) in [5.41, 5.74) is 0. The molecule has 0 fully saturated rings. The zero-order chi connectivity index (χ0) is 12.0. The molecule has 0 heterocycles. The standard InChI is InChI=1S/2C6H5BrS/c2*7-5-3-1-2-4-6(5)8/h2*1-4,8H. The average Bonchev–Trinajstić information content (AvgIpc) is 2.28. The minimum absolute atomic E-state index is 0.979. The summed E-state index contributed by atoms with van der Waals surface area (Å²) < 4.78 is 2.09. The molecule has 2 aromatic carbocycles. The molecule has 0 aromatic heterocycles. The maximum atomic E-state index is 4.15. The average molecular weight is 378 g/mol. The highest BCUT2D eigenvalue weighted by atomic mass is 79.9. The molecule has 0 amide bonds. The zero-order valence-corrected chi connectivity index (χ0v) is 13.2. The molecule has 0 N–H and O–H groups in total. The lowest BCUT2D eigenvalue weighted by Gasteiger charge is -1.90. The zero-order valence-electron chi connectivity index (χ0n) is 8.27. The summed E-state index contributed by atoms with van der Waals surface area (Å²) in [6.07, 6.45) is 0. The second-order valence-electron chi connectivity index (χ2n) is 2.90. The Kier molecular flexibility index (Phi) is 6.58. The van der Waals surface area contributed by atoms with Gasteiger partial charge in [0.15, 0.2) is 0 Å². The van der Waals surface area contributed by atoms with Crippen molar-refractivity contribution in [3.8, 4) is 0 Å². The van der Waals surface area contributed by atoms with E-state index in [9.17, 15) is 0 Å². The van der Waals surface area contributed by atoms with E-state index in [1.54, 1.807) is 0 Å². The second kappa shape index (κ2) is 7.43. The van der Waals surface area contributed by atoms with Crippen molar-refractivity contribution in [1.82, 2.24) is 0 Å². The first-order chi connectivity index (χ1) is 7.61. The molecule has 0 nitrogen and oxygen atoms in total. The third-order valence-electron chi connectivity index (χ3n) is 1.70.